The highest BCUT2D eigenvalue weighted by Crippen LogP contribution is 2.22. The standard InChI is InChI=1S/C6H11F3N2.2ClH/c7-6(8,9)5-1-2-10-3-4-11-5;;/h5,10-11H,1-4H2;2*1H. The summed E-state index contributed by atoms with van der Waals surface area (Å²) in [6.45, 7) is 1.45. The third-order valence-electron chi connectivity index (χ3n) is 1.70. The molecule has 0 aliphatic carbocycles. The molecule has 1 aliphatic heterocycles. The molecular weight excluding hydrogens is 228 g/mol. The molecule has 1 aliphatic rings. The molecule has 13 heavy (non-hydrogen) atoms. The monoisotopic (exact) mass is 240 g/mol. The topological polar surface area (TPSA) is 24.1 Å². The molecule has 0 aromatic heterocycles. The fraction of sp³-hybridized carbons (Fsp3) is 1.00. The highest BCUT2D eigenvalue weighted by Gasteiger charge is 2.38. The molecule has 7 heteroatoms. The molecule has 1 unspecified atom stereocenters. The first-order chi connectivity index (χ1) is 5.11. The molecule has 2 nitrogen and oxygen atoms in total. The summed E-state index contributed by atoms with van der Waals surface area (Å²) in [6, 6.07) is -1.32. The summed E-state index contributed by atoms with van der Waals surface area (Å²) in [4.78, 5) is 0. The van der Waals surface area contributed by atoms with Crippen molar-refractivity contribution in [2.24, 2.45) is 0 Å². The lowest BCUT2D eigenvalue weighted by atomic mass is 10.2. The van der Waals surface area contributed by atoms with Crippen molar-refractivity contribution in [3.63, 3.8) is 0 Å². The fourth-order valence-corrected chi connectivity index (χ4v) is 1.09. The lowest BCUT2D eigenvalue weighted by Crippen LogP contribution is -2.42. The second kappa shape index (κ2) is 6.70. The number of nitrogens with one attached hydrogen (secondary N) is 2. The Labute approximate surface area is 87.5 Å². The van der Waals surface area contributed by atoms with Gasteiger partial charge in [-0.15, -0.1) is 24.8 Å². The summed E-state index contributed by atoms with van der Waals surface area (Å²) in [5, 5.41) is 5.32. The Balaban J connectivity index is 0. The van der Waals surface area contributed by atoms with E-state index >= 15 is 0 Å². The molecule has 1 saturated heterocycles. The predicted molar refractivity (Wildman–Crippen MR) is 49.8 cm³/mol. The Morgan fingerprint density at radius 1 is 1.00 bits per heavy atom. The average molecular weight is 241 g/mol. The maximum absolute atomic E-state index is 12.0. The van der Waals surface area contributed by atoms with E-state index in [1.165, 1.54) is 0 Å². The molecule has 1 fully saturated rings. The second-order valence-electron chi connectivity index (χ2n) is 2.59. The molecule has 1 heterocycles. The normalized spacial score (nSPS) is 23.8. The van der Waals surface area contributed by atoms with Crippen molar-refractivity contribution in [3.05, 3.63) is 0 Å². The van der Waals surface area contributed by atoms with Gasteiger partial charge in [0.15, 0.2) is 0 Å². The maximum atomic E-state index is 12.0. The lowest BCUT2D eigenvalue weighted by Gasteiger charge is -2.18. The van der Waals surface area contributed by atoms with Gasteiger partial charge in [0, 0.05) is 13.1 Å². The molecule has 2 N–H and O–H groups in total. The van der Waals surface area contributed by atoms with Gasteiger partial charge < -0.3 is 10.6 Å². The van der Waals surface area contributed by atoms with Crippen molar-refractivity contribution >= 4 is 24.8 Å². The van der Waals surface area contributed by atoms with Gasteiger partial charge in [0.1, 0.15) is 6.04 Å². The smallest absolute Gasteiger partial charge is 0.315 e. The van der Waals surface area contributed by atoms with Crippen LogP contribution >= 0.6 is 24.8 Å². The Hall–Kier alpha value is 0.290. The zero-order valence-corrected chi connectivity index (χ0v) is 8.49. The summed E-state index contributed by atoms with van der Waals surface area (Å²) in [5.41, 5.74) is 0. The van der Waals surface area contributed by atoms with Crippen LogP contribution in [-0.4, -0.2) is 31.9 Å². The van der Waals surface area contributed by atoms with Crippen molar-refractivity contribution < 1.29 is 13.2 Å². The highest BCUT2D eigenvalue weighted by molar-refractivity contribution is 5.85. The number of halogens is 5. The zero-order valence-electron chi connectivity index (χ0n) is 6.86. The molecule has 0 amide bonds. The minimum atomic E-state index is -4.09. The molecule has 0 radical (unpaired) electrons. The van der Waals surface area contributed by atoms with Gasteiger partial charge in [0.05, 0.1) is 0 Å². The Morgan fingerprint density at radius 3 is 2.15 bits per heavy atom. The van der Waals surface area contributed by atoms with Crippen molar-refractivity contribution in [2.75, 3.05) is 19.6 Å². The van der Waals surface area contributed by atoms with Crippen LogP contribution in [0.1, 0.15) is 6.42 Å². The van der Waals surface area contributed by atoms with Crippen LogP contribution in [0.15, 0.2) is 0 Å². The minimum Gasteiger partial charge on any atom is -0.315 e. The summed E-state index contributed by atoms with van der Waals surface area (Å²) in [5.74, 6) is 0. The highest BCUT2D eigenvalue weighted by atomic mass is 35.5. The SMILES string of the molecule is Cl.Cl.FC(F)(F)C1CCNCCN1. The first-order valence-electron chi connectivity index (χ1n) is 3.61. The number of alkyl halides is 3. The molecule has 0 bridgehead atoms. The molecule has 0 aromatic rings. The first-order valence-corrected chi connectivity index (χ1v) is 3.61. The van der Waals surface area contributed by atoms with Crippen LogP contribution in [0.2, 0.25) is 0 Å². The van der Waals surface area contributed by atoms with E-state index in [2.05, 4.69) is 10.6 Å². The van der Waals surface area contributed by atoms with E-state index in [1.807, 2.05) is 0 Å². The molecule has 0 saturated carbocycles. The summed E-state index contributed by atoms with van der Waals surface area (Å²) in [6.07, 6.45) is -3.96. The van der Waals surface area contributed by atoms with Crippen LogP contribution < -0.4 is 10.6 Å². The Morgan fingerprint density at radius 2 is 1.62 bits per heavy atom. The van der Waals surface area contributed by atoms with Gasteiger partial charge in [-0.25, -0.2) is 0 Å². The van der Waals surface area contributed by atoms with Crippen LogP contribution in [0.25, 0.3) is 0 Å². The summed E-state index contributed by atoms with van der Waals surface area (Å²) >= 11 is 0. The van der Waals surface area contributed by atoms with Crippen molar-refractivity contribution in [1.29, 1.82) is 0 Å². The van der Waals surface area contributed by atoms with Crippen LogP contribution in [0.4, 0.5) is 13.2 Å². The fourth-order valence-electron chi connectivity index (χ4n) is 1.09. The van der Waals surface area contributed by atoms with Crippen LogP contribution in [0.5, 0.6) is 0 Å². The van der Waals surface area contributed by atoms with Gasteiger partial charge in [0.25, 0.3) is 0 Å². The molecule has 82 valence electrons. The van der Waals surface area contributed by atoms with E-state index in [-0.39, 0.29) is 31.2 Å². The number of hydrogen-bond acceptors (Lipinski definition) is 2. The van der Waals surface area contributed by atoms with Crippen LogP contribution in [-0.2, 0) is 0 Å². The third kappa shape index (κ3) is 5.57. The largest absolute Gasteiger partial charge is 0.403 e. The van der Waals surface area contributed by atoms with Gasteiger partial charge in [-0.3, -0.25) is 0 Å². The maximum Gasteiger partial charge on any atom is 0.403 e. The van der Waals surface area contributed by atoms with Crippen molar-refractivity contribution in [2.45, 2.75) is 18.6 Å². The first kappa shape index (κ1) is 15.7. The molecule has 1 rings (SSSR count). The van der Waals surface area contributed by atoms with Gasteiger partial charge >= 0.3 is 6.18 Å². The van der Waals surface area contributed by atoms with Gasteiger partial charge in [-0.1, -0.05) is 0 Å². The lowest BCUT2D eigenvalue weighted by molar-refractivity contribution is -0.155. The average Bonchev–Trinajstić information content (AvgIpc) is 2.10. The van der Waals surface area contributed by atoms with E-state index < -0.39 is 12.2 Å². The van der Waals surface area contributed by atoms with Gasteiger partial charge in [0.2, 0.25) is 0 Å². The summed E-state index contributed by atoms with van der Waals surface area (Å²) < 4.78 is 36.1. The number of hydrogen-bond donors (Lipinski definition) is 2. The van der Waals surface area contributed by atoms with E-state index in [0.29, 0.717) is 19.6 Å². The van der Waals surface area contributed by atoms with Crippen LogP contribution in [0.3, 0.4) is 0 Å². The van der Waals surface area contributed by atoms with Crippen molar-refractivity contribution in [1.82, 2.24) is 10.6 Å². The predicted octanol–water partition coefficient (Wildman–Crippen LogP) is 1.34. The van der Waals surface area contributed by atoms with Crippen molar-refractivity contribution in [3.8, 4) is 0 Å². The van der Waals surface area contributed by atoms with Crippen LogP contribution in [0, 0.1) is 0 Å². The molecule has 0 aromatic carbocycles. The summed E-state index contributed by atoms with van der Waals surface area (Å²) in [7, 11) is 0. The van der Waals surface area contributed by atoms with E-state index in [0.717, 1.165) is 0 Å². The Kier molecular flexibility index (Phi) is 8.12. The quantitative estimate of drug-likeness (QED) is 0.668. The molecule has 0 spiro atoms. The molecule has 1 atom stereocenters. The second-order valence-corrected chi connectivity index (χ2v) is 2.59. The number of rotatable bonds is 0. The Bertz CT molecular complexity index is 124. The molecular formula is C6H13Cl2F3N2. The van der Waals surface area contributed by atoms with E-state index in [9.17, 15) is 13.2 Å². The third-order valence-corrected chi connectivity index (χ3v) is 1.70. The van der Waals surface area contributed by atoms with E-state index in [4.69, 9.17) is 0 Å². The minimum absolute atomic E-state index is 0. The van der Waals surface area contributed by atoms with Gasteiger partial charge in [-0.05, 0) is 13.0 Å². The van der Waals surface area contributed by atoms with E-state index in [1.54, 1.807) is 0 Å². The zero-order chi connectivity index (χ0) is 8.32. The van der Waals surface area contributed by atoms with Gasteiger partial charge in [-0.2, -0.15) is 13.2 Å².